The molecule has 21 heavy (non-hydrogen) atoms. The van der Waals surface area contributed by atoms with Crippen LogP contribution in [0.2, 0.25) is 0 Å². The molecule has 3 nitrogen and oxygen atoms in total. The molecule has 4 heteroatoms. The third-order valence-corrected chi connectivity index (χ3v) is 4.72. The molecule has 0 bridgehead atoms. The van der Waals surface area contributed by atoms with Crippen LogP contribution in [0.15, 0.2) is 35.7 Å². The van der Waals surface area contributed by atoms with Gasteiger partial charge in [0.15, 0.2) is 0 Å². The van der Waals surface area contributed by atoms with Gasteiger partial charge in [0.05, 0.1) is 12.3 Å². The molecule has 1 heterocycles. The van der Waals surface area contributed by atoms with Gasteiger partial charge in [-0.15, -0.1) is 11.3 Å². The molecule has 0 aliphatic rings. The van der Waals surface area contributed by atoms with Crippen LogP contribution in [-0.4, -0.2) is 34.2 Å². The van der Waals surface area contributed by atoms with E-state index in [-0.39, 0.29) is 6.61 Å². The average molecular weight is 304 g/mol. The largest absolute Gasteiger partial charge is 0.395 e. The highest BCUT2D eigenvalue weighted by Gasteiger charge is 2.16. The summed E-state index contributed by atoms with van der Waals surface area (Å²) >= 11 is 1.69. The van der Waals surface area contributed by atoms with Gasteiger partial charge in [-0.3, -0.25) is 4.90 Å². The molecule has 0 spiro atoms. The molecular weight excluding hydrogens is 280 g/mol. The first-order valence-electron chi connectivity index (χ1n) is 7.63. The van der Waals surface area contributed by atoms with Gasteiger partial charge in [0, 0.05) is 30.1 Å². The zero-order chi connectivity index (χ0) is 15.1. The molecule has 2 aromatic rings. The van der Waals surface area contributed by atoms with E-state index in [0.29, 0.717) is 12.6 Å². The van der Waals surface area contributed by atoms with Crippen LogP contribution in [0.3, 0.4) is 0 Å². The lowest BCUT2D eigenvalue weighted by Gasteiger charge is -2.29. The third-order valence-electron chi connectivity index (χ3n) is 3.78. The Morgan fingerprint density at radius 3 is 2.52 bits per heavy atom. The standard InChI is InChI=1S/C17H24N2OS/c1-3-16(4-2)19(10-11-20)12-15-13-21-17(18-15)14-8-6-5-7-9-14/h5-9,13,16,20H,3-4,10-12H2,1-2H3. The van der Waals surface area contributed by atoms with E-state index in [1.54, 1.807) is 11.3 Å². The SMILES string of the molecule is CCC(CC)N(CCO)Cc1csc(-c2ccccc2)n1. The minimum Gasteiger partial charge on any atom is -0.395 e. The van der Waals surface area contributed by atoms with Gasteiger partial charge in [0.2, 0.25) is 0 Å². The highest BCUT2D eigenvalue weighted by atomic mass is 32.1. The van der Waals surface area contributed by atoms with Crippen LogP contribution >= 0.6 is 11.3 Å². The van der Waals surface area contributed by atoms with Crippen molar-refractivity contribution in [3.8, 4) is 10.6 Å². The fourth-order valence-electron chi connectivity index (χ4n) is 2.63. The van der Waals surface area contributed by atoms with E-state index in [4.69, 9.17) is 4.98 Å². The Morgan fingerprint density at radius 2 is 1.90 bits per heavy atom. The normalized spacial score (nSPS) is 11.5. The van der Waals surface area contributed by atoms with Crippen LogP contribution in [0.5, 0.6) is 0 Å². The molecule has 0 atom stereocenters. The second-order valence-electron chi connectivity index (χ2n) is 5.17. The van der Waals surface area contributed by atoms with Gasteiger partial charge in [-0.2, -0.15) is 0 Å². The average Bonchev–Trinajstić information content (AvgIpc) is 2.98. The van der Waals surface area contributed by atoms with E-state index >= 15 is 0 Å². The van der Waals surface area contributed by atoms with Crippen molar-refractivity contribution in [3.05, 3.63) is 41.4 Å². The molecule has 0 saturated heterocycles. The van der Waals surface area contributed by atoms with Crippen molar-refractivity contribution in [1.82, 2.24) is 9.88 Å². The molecule has 0 saturated carbocycles. The maximum Gasteiger partial charge on any atom is 0.123 e. The first-order chi connectivity index (χ1) is 10.3. The quantitative estimate of drug-likeness (QED) is 0.806. The molecule has 1 N–H and O–H groups in total. The van der Waals surface area contributed by atoms with E-state index in [1.165, 1.54) is 5.56 Å². The molecule has 0 aliphatic carbocycles. The van der Waals surface area contributed by atoms with Gasteiger partial charge >= 0.3 is 0 Å². The fraction of sp³-hybridized carbons (Fsp3) is 0.471. The molecular formula is C17H24N2OS. The third kappa shape index (κ3) is 4.37. The summed E-state index contributed by atoms with van der Waals surface area (Å²) in [5, 5.41) is 12.5. The number of thiazole rings is 1. The van der Waals surface area contributed by atoms with Crippen LogP contribution in [0.25, 0.3) is 10.6 Å². The minimum atomic E-state index is 0.201. The second kappa shape index (κ2) is 8.27. The van der Waals surface area contributed by atoms with Crippen LogP contribution < -0.4 is 0 Å². The molecule has 0 radical (unpaired) electrons. The highest BCUT2D eigenvalue weighted by Crippen LogP contribution is 2.24. The van der Waals surface area contributed by atoms with Crippen molar-refractivity contribution in [2.24, 2.45) is 0 Å². The Morgan fingerprint density at radius 1 is 1.19 bits per heavy atom. The molecule has 0 aliphatic heterocycles. The van der Waals surface area contributed by atoms with Gasteiger partial charge in [0.25, 0.3) is 0 Å². The lowest BCUT2D eigenvalue weighted by Crippen LogP contribution is -2.36. The van der Waals surface area contributed by atoms with Gasteiger partial charge in [-0.05, 0) is 12.8 Å². The topological polar surface area (TPSA) is 36.4 Å². The Bertz CT molecular complexity index is 523. The molecule has 0 amide bonds. The minimum absolute atomic E-state index is 0.201. The van der Waals surface area contributed by atoms with Crippen molar-refractivity contribution in [2.45, 2.75) is 39.3 Å². The predicted molar refractivity (Wildman–Crippen MR) is 89.4 cm³/mol. The van der Waals surface area contributed by atoms with Crippen molar-refractivity contribution < 1.29 is 5.11 Å². The number of hydrogen-bond donors (Lipinski definition) is 1. The summed E-state index contributed by atoms with van der Waals surface area (Å²) in [6.07, 6.45) is 2.21. The Kier molecular flexibility index (Phi) is 6.36. The molecule has 114 valence electrons. The summed E-state index contributed by atoms with van der Waals surface area (Å²) < 4.78 is 0. The predicted octanol–water partition coefficient (Wildman–Crippen LogP) is 3.79. The van der Waals surface area contributed by atoms with E-state index in [2.05, 4.69) is 36.3 Å². The molecule has 0 unspecified atom stereocenters. The Hall–Kier alpha value is -1.23. The Labute approximate surface area is 131 Å². The molecule has 2 rings (SSSR count). The number of nitrogens with zero attached hydrogens (tertiary/aromatic N) is 2. The van der Waals surface area contributed by atoms with Crippen molar-refractivity contribution >= 4 is 11.3 Å². The summed E-state index contributed by atoms with van der Waals surface area (Å²) in [5.41, 5.74) is 2.27. The van der Waals surface area contributed by atoms with E-state index < -0.39 is 0 Å². The zero-order valence-corrected chi connectivity index (χ0v) is 13.6. The summed E-state index contributed by atoms with van der Waals surface area (Å²) in [5.74, 6) is 0. The monoisotopic (exact) mass is 304 g/mol. The first kappa shape index (κ1) is 16.1. The van der Waals surface area contributed by atoms with Crippen molar-refractivity contribution in [2.75, 3.05) is 13.2 Å². The van der Waals surface area contributed by atoms with Gasteiger partial charge in [0.1, 0.15) is 5.01 Å². The van der Waals surface area contributed by atoms with Crippen molar-refractivity contribution in [1.29, 1.82) is 0 Å². The summed E-state index contributed by atoms with van der Waals surface area (Å²) in [6.45, 7) is 6.14. The maximum atomic E-state index is 9.28. The second-order valence-corrected chi connectivity index (χ2v) is 6.03. The molecule has 1 aromatic heterocycles. The lowest BCUT2D eigenvalue weighted by atomic mass is 10.1. The van der Waals surface area contributed by atoms with E-state index in [1.807, 2.05) is 18.2 Å². The first-order valence-corrected chi connectivity index (χ1v) is 8.51. The summed E-state index contributed by atoms with van der Waals surface area (Å²) in [7, 11) is 0. The number of hydrogen-bond acceptors (Lipinski definition) is 4. The fourth-order valence-corrected chi connectivity index (χ4v) is 3.44. The van der Waals surface area contributed by atoms with Gasteiger partial charge < -0.3 is 5.11 Å². The van der Waals surface area contributed by atoms with E-state index in [0.717, 1.165) is 30.1 Å². The van der Waals surface area contributed by atoms with Crippen LogP contribution in [0, 0.1) is 0 Å². The Balaban J connectivity index is 2.09. The molecule has 0 fully saturated rings. The summed E-state index contributed by atoms with van der Waals surface area (Å²) in [6, 6.07) is 10.8. The number of aliphatic hydroxyl groups is 1. The number of aromatic nitrogens is 1. The smallest absolute Gasteiger partial charge is 0.123 e. The lowest BCUT2D eigenvalue weighted by molar-refractivity contribution is 0.135. The number of aliphatic hydroxyl groups excluding tert-OH is 1. The maximum absolute atomic E-state index is 9.28. The van der Waals surface area contributed by atoms with Crippen LogP contribution in [0.1, 0.15) is 32.4 Å². The molecule has 1 aromatic carbocycles. The number of rotatable bonds is 8. The van der Waals surface area contributed by atoms with Crippen LogP contribution in [-0.2, 0) is 6.54 Å². The number of benzene rings is 1. The van der Waals surface area contributed by atoms with Gasteiger partial charge in [-0.1, -0.05) is 44.2 Å². The zero-order valence-electron chi connectivity index (χ0n) is 12.8. The van der Waals surface area contributed by atoms with Crippen LogP contribution in [0.4, 0.5) is 0 Å². The van der Waals surface area contributed by atoms with Gasteiger partial charge in [-0.25, -0.2) is 4.98 Å². The van der Waals surface area contributed by atoms with E-state index in [9.17, 15) is 5.11 Å². The highest BCUT2D eigenvalue weighted by molar-refractivity contribution is 7.13. The summed E-state index contributed by atoms with van der Waals surface area (Å²) in [4.78, 5) is 7.09. The van der Waals surface area contributed by atoms with Crippen molar-refractivity contribution in [3.63, 3.8) is 0 Å².